The van der Waals surface area contributed by atoms with Crippen molar-refractivity contribution >= 4 is 12.2 Å². The zero-order chi connectivity index (χ0) is 12.7. The number of halogens is 1. The lowest BCUT2D eigenvalue weighted by atomic mass is 10.1. The summed E-state index contributed by atoms with van der Waals surface area (Å²) in [6.07, 6.45) is 2.31. The molecule has 1 aromatic carbocycles. The molecule has 1 N–H and O–H groups in total. The molecule has 0 saturated heterocycles. The summed E-state index contributed by atoms with van der Waals surface area (Å²) < 4.78 is 14.1. The van der Waals surface area contributed by atoms with Crippen LogP contribution in [0.2, 0.25) is 0 Å². The number of aromatic nitrogens is 2. The van der Waals surface area contributed by atoms with Gasteiger partial charge in [0.15, 0.2) is 0 Å². The van der Waals surface area contributed by atoms with Gasteiger partial charge in [-0.25, -0.2) is 9.37 Å². The van der Waals surface area contributed by atoms with Gasteiger partial charge in [-0.2, -0.15) is 0 Å². The summed E-state index contributed by atoms with van der Waals surface area (Å²) >= 11 is 5.19. The SMILES string of the molecule is Cc1c(F)cccc1-c1cc(=S)nc(C2CC2)[nH]1. The van der Waals surface area contributed by atoms with E-state index in [9.17, 15) is 4.39 Å². The second kappa shape index (κ2) is 4.28. The van der Waals surface area contributed by atoms with Gasteiger partial charge in [0.05, 0.1) is 5.69 Å². The van der Waals surface area contributed by atoms with Gasteiger partial charge in [0.2, 0.25) is 0 Å². The maximum absolute atomic E-state index is 13.6. The minimum Gasteiger partial charge on any atom is -0.343 e. The van der Waals surface area contributed by atoms with Crippen molar-refractivity contribution in [3.63, 3.8) is 0 Å². The highest BCUT2D eigenvalue weighted by molar-refractivity contribution is 7.71. The molecule has 18 heavy (non-hydrogen) atoms. The molecule has 0 unspecified atom stereocenters. The first-order valence-corrected chi connectivity index (χ1v) is 6.43. The van der Waals surface area contributed by atoms with Crippen LogP contribution >= 0.6 is 12.2 Å². The Morgan fingerprint density at radius 2 is 2.17 bits per heavy atom. The molecule has 1 aliphatic carbocycles. The van der Waals surface area contributed by atoms with Crippen molar-refractivity contribution in [2.75, 3.05) is 0 Å². The number of rotatable bonds is 2. The van der Waals surface area contributed by atoms with Crippen molar-refractivity contribution < 1.29 is 4.39 Å². The summed E-state index contributed by atoms with van der Waals surface area (Å²) in [4.78, 5) is 7.63. The van der Waals surface area contributed by atoms with Gasteiger partial charge >= 0.3 is 0 Å². The van der Waals surface area contributed by atoms with Crippen molar-refractivity contribution in [2.24, 2.45) is 0 Å². The van der Waals surface area contributed by atoms with Crippen LogP contribution in [0.15, 0.2) is 24.3 Å². The Morgan fingerprint density at radius 3 is 2.89 bits per heavy atom. The maximum atomic E-state index is 13.6. The van der Waals surface area contributed by atoms with E-state index >= 15 is 0 Å². The highest BCUT2D eigenvalue weighted by atomic mass is 32.1. The van der Waals surface area contributed by atoms with Crippen LogP contribution < -0.4 is 0 Å². The number of benzene rings is 1. The molecule has 1 heterocycles. The number of hydrogen-bond acceptors (Lipinski definition) is 2. The quantitative estimate of drug-likeness (QED) is 0.822. The van der Waals surface area contributed by atoms with Gasteiger partial charge in [-0.1, -0.05) is 24.4 Å². The van der Waals surface area contributed by atoms with Crippen molar-refractivity contribution in [3.8, 4) is 11.3 Å². The van der Waals surface area contributed by atoms with Crippen molar-refractivity contribution in [1.29, 1.82) is 0 Å². The van der Waals surface area contributed by atoms with E-state index < -0.39 is 0 Å². The van der Waals surface area contributed by atoms with Crippen molar-refractivity contribution in [1.82, 2.24) is 9.97 Å². The molecule has 0 spiro atoms. The smallest absolute Gasteiger partial charge is 0.130 e. The summed E-state index contributed by atoms with van der Waals surface area (Å²) in [5, 5.41) is 0. The Morgan fingerprint density at radius 1 is 1.39 bits per heavy atom. The molecule has 4 heteroatoms. The zero-order valence-electron chi connectivity index (χ0n) is 10.0. The van der Waals surface area contributed by atoms with E-state index in [4.69, 9.17) is 12.2 Å². The minimum atomic E-state index is -0.198. The van der Waals surface area contributed by atoms with Gasteiger partial charge < -0.3 is 4.98 Å². The lowest BCUT2D eigenvalue weighted by Gasteiger charge is -2.08. The summed E-state index contributed by atoms with van der Waals surface area (Å²) in [6, 6.07) is 6.88. The molecule has 2 nitrogen and oxygen atoms in total. The molecule has 0 atom stereocenters. The fourth-order valence-corrected chi connectivity index (χ4v) is 2.29. The third-order valence-electron chi connectivity index (χ3n) is 3.28. The van der Waals surface area contributed by atoms with Gasteiger partial charge in [0, 0.05) is 11.5 Å². The van der Waals surface area contributed by atoms with Crippen molar-refractivity contribution in [2.45, 2.75) is 25.7 Å². The fourth-order valence-electron chi connectivity index (χ4n) is 2.07. The monoisotopic (exact) mass is 260 g/mol. The van der Waals surface area contributed by atoms with E-state index in [1.165, 1.54) is 6.07 Å². The molecule has 2 aromatic rings. The lowest BCUT2D eigenvalue weighted by Crippen LogP contribution is -1.97. The standard InChI is InChI=1S/C14H13FN2S/c1-8-10(3-2-4-11(8)15)12-7-13(18)17-14(16-12)9-5-6-9/h2-4,7,9H,5-6H2,1H3,(H,16,17,18). The third-order valence-corrected chi connectivity index (χ3v) is 3.49. The second-order valence-corrected chi connectivity index (χ2v) is 5.12. The van der Waals surface area contributed by atoms with Crippen LogP contribution in [0.1, 0.15) is 30.1 Å². The zero-order valence-corrected chi connectivity index (χ0v) is 10.9. The normalized spacial score (nSPS) is 14.8. The Kier molecular flexibility index (Phi) is 2.74. The third kappa shape index (κ3) is 2.08. The topological polar surface area (TPSA) is 28.7 Å². The van der Waals surface area contributed by atoms with Crippen LogP contribution in [0.4, 0.5) is 4.39 Å². The molecule has 0 bridgehead atoms. The predicted octanol–water partition coefficient (Wildman–Crippen LogP) is 4.13. The van der Waals surface area contributed by atoms with E-state index in [1.807, 2.05) is 6.07 Å². The molecule has 3 rings (SSSR count). The number of H-pyrrole nitrogens is 1. The van der Waals surface area contributed by atoms with E-state index in [-0.39, 0.29) is 5.82 Å². The van der Waals surface area contributed by atoms with E-state index in [1.54, 1.807) is 19.1 Å². The predicted molar refractivity (Wildman–Crippen MR) is 71.5 cm³/mol. The highest BCUT2D eigenvalue weighted by Gasteiger charge is 2.26. The first-order chi connectivity index (χ1) is 8.65. The molecular formula is C14H13FN2S. The molecular weight excluding hydrogens is 247 g/mol. The summed E-state index contributed by atoms with van der Waals surface area (Å²) in [5.74, 6) is 1.23. The molecule has 1 saturated carbocycles. The van der Waals surface area contributed by atoms with Gasteiger partial charge in [-0.15, -0.1) is 0 Å². The largest absolute Gasteiger partial charge is 0.343 e. The summed E-state index contributed by atoms with van der Waals surface area (Å²) in [5.41, 5.74) is 2.34. The molecule has 1 aliphatic rings. The lowest BCUT2D eigenvalue weighted by molar-refractivity contribution is 0.619. The van der Waals surface area contributed by atoms with E-state index in [2.05, 4.69) is 9.97 Å². The number of nitrogens with zero attached hydrogens (tertiary/aromatic N) is 1. The van der Waals surface area contributed by atoms with Crippen LogP contribution in [-0.2, 0) is 0 Å². The van der Waals surface area contributed by atoms with Gasteiger partial charge in [-0.05, 0) is 37.5 Å². The van der Waals surface area contributed by atoms with Crippen LogP contribution in [0, 0.1) is 17.4 Å². The van der Waals surface area contributed by atoms with Crippen LogP contribution in [0.5, 0.6) is 0 Å². The Hall–Kier alpha value is -1.55. The average Bonchev–Trinajstić information content (AvgIpc) is 3.16. The second-order valence-electron chi connectivity index (χ2n) is 4.70. The van der Waals surface area contributed by atoms with E-state index in [0.29, 0.717) is 16.1 Å². The average molecular weight is 260 g/mol. The number of hydrogen-bond donors (Lipinski definition) is 1. The summed E-state index contributed by atoms with van der Waals surface area (Å²) in [6.45, 7) is 1.78. The molecule has 0 radical (unpaired) electrons. The number of aromatic amines is 1. The van der Waals surface area contributed by atoms with Crippen LogP contribution in [-0.4, -0.2) is 9.97 Å². The molecule has 92 valence electrons. The maximum Gasteiger partial charge on any atom is 0.130 e. The number of nitrogens with one attached hydrogen (secondary N) is 1. The molecule has 0 aliphatic heterocycles. The molecule has 1 fully saturated rings. The first-order valence-electron chi connectivity index (χ1n) is 6.02. The Labute approximate surface area is 110 Å². The van der Waals surface area contributed by atoms with Crippen LogP contribution in [0.25, 0.3) is 11.3 Å². The van der Waals surface area contributed by atoms with E-state index in [0.717, 1.165) is 29.9 Å². The Balaban J connectivity index is 2.16. The van der Waals surface area contributed by atoms with Gasteiger partial charge in [0.25, 0.3) is 0 Å². The first kappa shape index (κ1) is 11.5. The fraction of sp³-hybridized carbons (Fsp3) is 0.286. The Bertz CT molecular complexity index is 659. The van der Waals surface area contributed by atoms with Gasteiger partial charge in [-0.3, -0.25) is 0 Å². The highest BCUT2D eigenvalue weighted by Crippen LogP contribution is 2.38. The van der Waals surface area contributed by atoms with Crippen molar-refractivity contribution in [3.05, 3.63) is 46.1 Å². The summed E-state index contributed by atoms with van der Waals surface area (Å²) in [7, 11) is 0. The van der Waals surface area contributed by atoms with Crippen LogP contribution in [0.3, 0.4) is 0 Å². The minimum absolute atomic E-state index is 0.198. The molecule has 0 amide bonds. The molecule has 1 aromatic heterocycles. The van der Waals surface area contributed by atoms with Gasteiger partial charge in [0.1, 0.15) is 16.3 Å².